The van der Waals surface area contributed by atoms with E-state index in [1.807, 2.05) is 42.6 Å². The van der Waals surface area contributed by atoms with E-state index in [4.69, 9.17) is 0 Å². The fourth-order valence-electron chi connectivity index (χ4n) is 2.98. The summed E-state index contributed by atoms with van der Waals surface area (Å²) in [5.41, 5.74) is 2.17. The average molecular weight is 351 g/mol. The minimum Gasteiger partial charge on any atom is -0.361 e. The molecule has 0 aliphatic carbocycles. The number of para-hydroxylation sites is 1. The third-order valence-electron chi connectivity index (χ3n) is 4.23. The monoisotopic (exact) mass is 351 g/mol. The zero-order valence-corrected chi connectivity index (χ0v) is 14.3. The first kappa shape index (κ1) is 15.7. The Kier molecular flexibility index (Phi) is 4.11. The van der Waals surface area contributed by atoms with E-state index in [1.165, 1.54) is 26.4 Å². The summed E-state index contributed by atoms with van der Waals surface area (Å²) in [6, 6.07) is 15.5. The first-order valence-corrected chi connectivity index (χ1v) is 8.90. The first-order valence-electron chi connectivity index (χ1n) is 8.13. The molecule has 5 nitrogen and oxygen atoms in total. The Bertz CT molecular complexity index is 1110. The van der Waals surface area contributed by atoms with Crippen LogP contribution in [0.25, 0.3) is 21.0 Å². The second-order valence-corrected chi connectivity index (χ2v) is 6.95. The molecule has 4 rings (SSSR count). The maximum absolute atomic E-state index is 12.3. The fraction of sp³-hybridized carbons (Fsp3) is 0.158. The van der Waals surface area contributed by atoms with Crippen LogP contribution in [-0.2, 0) is 17.8 Å². The molecule has 0 saturated carbocycles. The lowest BCUT2D eigenvalue weighted by Crippen LogP contribution is -2.31. The summed E-state index contributed by atoms with van der Waals surface area (Å²) < 4.78 is 2.41. The minimum absolute atomic E-state index is 0.0616. The van der Waals surface area contributed by atoms with Gasteiger partial charge in [0.15, 0.2) is 0 Å². The van der Waals surface area contributed by atoms with Gasteiger partial charge in [-0.05, 0) is 30.2 Å². The number of hydrogen-bond donors (Lipinski definition) is 2. The quantitative estimate of drug-likeness (QED) is 0.581. The second kappa shape index (κ2) is 6.57. The van der Waals surface area contributed by atoms with E-state index < -0.39 is 0 Å². The van der Waals surface area contributed by atoms with Crippen LogP contribution in [0, 0.1) is 0 Å². The summed E-state index contributed by atoms with van der Waals surface area (Å²) in [7, 11) is 0. The Labute approximate surface area is 148 Å². The Balaban J connectivity index is 1.39. The summed E-state index contributed by atoms with van der Waals surface area (Å²) in [6.07, 6.45) is 2.73. The molecule has 126 valence electrons. The number of H-pyrrole nitrogens is 1. The van der Waals surface area contributed by atoms with E-state index in [9.17, 15) is 9.59 Å². The molecule has 2 heterocycles. The maximum Gasteiger partial charge on any atom is 0.268 e. The molecule has 0 unspecified atom stereocenters. The minimum atomic E-state index is -0.145. The van der Waals surface area contributed by atoms with Gasteiger partial charge in [-0.1, -0.05) is 41.9 Å². The summed E-state index contributed by atoms with van der Waals surface area (Å²) in [5.74, 6) is -0.145. The molecule has 0 saturated heterocycles. The van der Waals surface area contributed by atoms with Crippen LogP contribution >= 0.6 is 11.5 Å². The van der Waals surface area contributed by atoms with E-state index in [2.05, 4.69) is 16.4 Å². The normalized spacial score (nSPS) is 11.2. The molecule has 0 spiro atoms. The third kappa shape index (κ3) is 3.08. The molecule has 0 atom stereocenters. The van der Waals surface area contributed by atoms with Crippen LogP contribution in [0.2, 0.25) is 0 Å². The van der Waals surface area contributed by atoms with Crippen LogP contribution in [0.1, 0.15) is 5.56 Å². The lowest BCUT2D eigenvalue weighted by Gasteiger charge is -2.04. The topological polar surface area (TPSA) is 66.9 Å². The van der Waals surface area contributed by atoms with Crippen molar-refractivity contribution in [3.05, 3.63) is 70.6 Å². The van der Waals surface area contributed by atoms with Crippen LogP contribution in [-0.4, -0.2) is 21.4 Å². The van der Waals surface area contributed by atoms with Gasteiger partial charge < -0.3 is 10.3 Å². The SMILES string of the molecule is O=C(Cn1sc2ccccc2c1=O)NCCc1c[nH]c2ccccc12. The smallest absolute Gasteiger partial charge is 0.268 e. The van der Waals surface area contributed by atoms with Gasteiger partial charge in [0.05, 0.1) is 10.1 Å². The van der Waals surface area contributed by atoms with Gasteiger partial charge in [0.2, 0.25) is 5.91 Å². The Hall–Kier alpha value is -2.86. The molecule has 0 aliphatic heterocycles. The highest BCUT2D eigenvalue weighted by Crippen LogP contribution is 2.18. The van der Waals surface area contributed by atoms with Crippen molar-refractivity contribution in [2.75, 3.05) is 6.54 Å². The summed E-state index contributed by atoms with van der Waals surface area (Å²) in [5, 5.41) is 4.74. The van der Waals surface area contributed by atoms with Crippen molar-refractivity contribution in [3.8, 4) is 0 Å². The molecule has 4 aromatic rings. The Morgan fingerprint density at radius 3 is 2.68 bits per heavy atom. The molecular weight excluding hydrogens is 334 g/mol. The van der Waals surface area contributed by atoms with Crippen molar-refractivity contribution in [1.82, 2.24) is 14.3 Å². The van der Waals surface area contributed by atoms with Crippen LogP contribution in [0.15, 0.2) is 59.5 Å². The molecular formula is C19H17N3O2S. The summed E-state index contributed by atoms with van der Waals surface area (Å²) in [6.45, 7) is 0.604. The fourth-order valence-corrected chi connectivity index (χ4v) is 3.98. The largest absolute Gasteiger partial charge is 0.361 e. The van der Waals surface area contributed by atoms with E-state index in [1.54, 1.807) is 6.07 Å². The molecule has 6 heteroatoms. The Morgan fingerprint density at radius 1 is 1.08 bits per heavy atom. The number of rotatable bonds is 5. The number of nitrogens with one attached hydrogen (secondary N) is 2. The number of aromatic amines is 1. The molecule has 25 heavy (non-hydrogen) atoms. The van der Waals surface area contributed by atoms with Crippen LogP contribution in [0.3, 0.4) is 0 Å². The number of hydrogen-bond acceptors (Lipinski definition) is 3. The van der Waals surface area contributed by atoms with Gasteiger partial charge in [0.1, 0.15) is 6.54 Å². The zero-order valence-electron chi connectivity index (χ0n) is 13.5. The summed E-state index contributed by atoms with van der Waals surface area (Å²) in [4.78, 5) is 27.7. The second-order valence-electron chi connectivity index (χ2n) is 5.89. The van der Waals surface area contributed by atoms with E-state index in [-0.39, 0.29) is 18.0 Å². The average Bonchev–Trinajstić information content (AvgIpc) is 3.17. The first-order chi connectivity index (χ1) is 12.2. The van der Waals surface area contributed by atoms with Crippen molar-refractivity contribution in [2.24, 2.45) is 0 Å². The number of amides is 1. The van der Waals surface area contributed by atoms with Gasteiger partial charge in [-0.15, -0.1) is 0 Å². The lowest BCUT2D eigenvalue weighted by molar-refractivity contribution is -0.121. The van der Waals surface area contributed by atoms with Crippen molar-refractivity contribution in [3.63, 3.8) is 0 Å². The lowest BCUT2D eigenvalue weighted by atomic mass is 10.1. The van der Waals surface area contributed by atoms with E-state index in [0.717, 1.165) is 16.6 Å². The number of fused-ring (bicyclic) bond motifs is 2. The third-order valence-corrected chi connectivity index (χ3v) is 5.30. The van der Waals surface area contributed by atoms with Gasteiger partial charge in [-0.2, -0.15) is 0 Å². The summed E-state index contributed by atoms with van der Waals surface area (Å²) >= 11 is 1.32. The molecule has 0 bridgehead atoms. The van der Waals surface area contributed by atoms with Crippen molar-refractivity contribution < 1.29 is 4.79 Å². The van der Waals surface area contributed by atoms with Gasteiger partial charge in [-0.25, -0.2) is 0 Å². The predicted molar refractivity (Wildman–Crippen MR) is 101 cm³/mol. The highest BCUT2D eigenvalue weighted by molar-refractivity contribution is 7.13. The zero-order chi connectivity index (χ0) is 17.2. The Morgan fingerprint density at radius 2 is 1.84 bits per heavy atom. The molecule has 1 amide bonds. The van der Waals surface area contributed by atoms with Crippen molar-refractivity contribution in [2.45, 2.75) is 13.0 Å². The van der Waals surface area contributed by atoms with Crippen LogP contribution < -0.4 is 10.9 Å². The predicted octanol–water partition coefficient (Wildman–Crippen LogP) is 2.90. The highest BCUT2D eigenvalue weighted by Gasteiger charge is 2.10. The standard InChI is InChI=1S/C19H17N3O2S/c23-18(12-22-19(24)15-6-2-4-8-17(15)25-22)20-10-9-13-11-21-16-7-3-1-5-14(13)16/h1-8,11,21H,9-10,12H2,(H,20,23). The molecule has 2 aromatic heterocycles. The molecule has 0 fully saturated rings. The number of carbonyl (C=O) groups excluding carboxylic acids is 1. The van der Waals surface area contributed by atoms with E-state index >= 15 is 0 Å². The number of carbonyl (C=O) groups is 1. The van der Waals surface area contributed by atoms with Gasteiger partial charge >= 0.3 is 0 Å². The molecule has 0 aliphatic rings. The molecule has 2 aromatic carbocycles. The van der Waals surface area contributed by atoms with Gasteiger partial charge in [0.25, 0.3) is 5.56 Å². The van der Waals surface area contributed by atoms with Gasteiger partial charge in [-0.3, -0.25) is 13.5 Å². The van der Waals surface area contributed by atoms with Crippen LogP contribution in [0.5, 0.6) is 0 Å². The number of benzene rings is 2. The number of nitrogens with zero attached hydrogens (tertiary/aromatic N) is 1. The van der Waals surface area contributed by atoms with Gasteiger partial charge in [0, 0.05) is 23.6 Å². The van der Waals surface area contributed by atoms with Crippen molar-refractivity contribution >= 4 is 38.4 Å². The molecule has 2 N–H and O–H groups in total. The van der Waals surface area contributed by atoms with Crippen LogP contribution in [0.4, 0.5) is 0 Å². The highest BCUT2D eigenvalue weighted by atomic mass is 32.1. The maximum atomic E-state index is 12.3. The van der Waals surface area contributed by atoms with E-state index in [0.29, 0.717) is 11.9 Å². The molecule has 0 radical (unpaired) electrons. The number of aromatic nitrogens is 2. The van der Waals surface area contributed by atoms with Crippen molar-refractivity contribution in [1.29, 1.82) is 0 Å².